The lowest BCUT2D eigenvalue weighted by Gasteiger charge is -2.50. The highest BCUT2D eigenvalue weighted by Crippen LogP contribution is 2.60. The van der Waals surface area contributed by atoms with E-state index in [0.29, 0.717) is 18.3 Å². The Kier molecular flexibility index (Phi) is 4.09. The largest absolute Gasteiger partial charge is 0.351 e. The maximum absolute atomic E-state index is 13.0. The van der Waals surface area contributed by atoms with Crippen molar-refractivity contribution in [3.63, 3.8) is 0 Å². The summed E-state index contributed by atoms with van der Waals surface area (Å²) in [6.07, 6.45) is 10.1. The quantitative estimate of drug-likeness (QED) is 0.778. The third-order valence-corrected chi connectivity index (χ3v) is 7.12. The van der Waals surface area contributed by atoms with E-state index in [9.17, 15) is 9.59 Å². The highest BCUT2D eigenvalue weighted by atomic mass is 16.2. The standard InChI is InChI=1S/C22H32N2O2/c1-21(2,3)23-20(26)18-8-7-17-16-6-5-14-13-15(25)10-12-24(14)19(16)9-11-22(17,18)4/h9,13,16-18H,5-8,10-12H2,1-4H3,(H,23,26)/t16-,17?,18+,22-/m0/s1. The second-order valence-electron chi connectivity index (χ2n) is 9.96. The average molecular weight is 357 g/mol. The van der Waals surface area contributed by atoms with E-state index >= 15 is 0 Å². The molecule has 0 bridgehead atoms. The maximum Gasteiger partial charge on any atom is 0.224 e. The molecule has 4 nitrogen and oxygen atoms in total. The number of carbonyl (C=O) groups excluding carboxylic acids is 2. The fourth-order valence-electron chi connectivity index (χ4n) is 5.95. The topological polar surface area (TPSA) is 49.4 Å². The molecule has 1 saturated heterocycles. The monoisotopic (exact) mass is 356 g/mol. The van der Waals surface area contributed by atoms with E-state index < -0.39 is 0 Å². The molecule has 1 saturated carbocycles. The van der Waals surface area contributed by atoms with Crippen LogP contribution in [0, 0.1) is 23.2 Å². The number of hydrogen-bond acceptors (Lipinski definition) is 3. The van der Waals surface area contributed by atoms with Crippen LogP contribution < -0.4 is 5.32 Å². The molecule has 2 fully saturated rings. The van der Waals surface area contributed by atoms with Gasteiger partial charge >= 0.3 is 0 Å². The Hall–Kier alpha value is -1.58. The van der Waals surface area contributed by atoms with Gasteiger partial charge in [-0.2, -0.15) is 0 Å². The molecule has 1 N–H and O–H groups in total. The summed E-state index contributed by atoms with van der Waals surface area (Å²) in [5, 5.41) is 3.22. The molecule has 26 heavy (non-hydrogen) atoms. The van der Waals surface area contributed by atoms with Crippen molar-refractivity contribution in [2.75, 3.05) is 6.54 Å². The number of fused-ring (bicyclic) bond motifs is 5. The van der Waals surface area contributed by atoms with Crippen LogP contribution in [0.4, 0.5) is 0 Å². The number of carbonyl (C=O) groups is 2. The number of ketones is 1. The first-order chi connectivity index (χ1) is 12.2. The van der Waals surface area contributed by atoms with E-state index in [1.165, 1.54) is 11.4 Å². The zero-order chi connectivity index (χ0) is 18.7. The van der Waals surface area contributed by atoms with Crippen molar-refractivity contribution in [3.8, 4) is 0 Å². The van der Waals surface area contributed by atoms with Crippen molar-refractivity contribution in [1.29, 1.82) is 0 Å². The van der Waals surface area contributed by atoms with E-state index in [0.717, 1.165) is 38.6 Å². The van der Waals surface area contributed by atoms with Gasteiger partial charge in [-0.3, -0.25) is 9.59 Å². The van der Waals surface area contributed by atoms with Crippen molar-refractivity contribution in [3.05, 3.63) is 23.5 Å². The number of rotatable bonds is 1. The van der Waals surface area contributed by atoms with Crippen LogP contribution >= 0.6 is 0 Å². The third kappa shape index (κ3) is 2.82. The van der Waals surface area contributed by atoms with Crippen LogP contribution in [0.1, 0.15) is 66.2 Å². The van der Waals surface area contributed by atoms with Gasteiger partial charge in [0.15, 0.2) is 5.78 Å². The molecule has 0 spiro atoms. The number of amides is 1. The molecule has 142 valence electrons. The number of piperidine rings is 1. The molecule has 1 amide bonds. The number of allylic oxidation sites excluding steroid dienone is 4. The van der Waals surface area contributed by atoms with Crippen molar-refractivity contribution in [1.82, 2.24) is 10.2 Å². The number of nitrogens with zero attached hydrogens (tertiary/aromatic N) is 1. The summed E-state index contributed by atoms with van der Waals surface area (Å²) < 4.78 is 0. The Morgan fingerprint density at radius 3 is 2.73 bits per heavy atom. The molecule has 4 atom stereocenters. The Balaban J connectivity index is 1.60. The Morgan fingerprint density at radius 1 is 1.23 bits per heavy atom. The van der Waals surface area contributed by atoms with Gasteiger partial charge in [-0.15, -0.1) is 0 Å². The highest BCUT2D eigenvalue weighted by molar-refractivity contribution is 5.91. The molecule has 2 heterocycles. The van der Waals surface area contributed by atoms with E-state index in [4.69, 9.17) is 0 Å². The molecular formula is C22H32N2O2. The average Bonchev–Trinajstić information content (AvgIpc) is 2.90. The first kappa shape index (κ1) is 17.8. The van der Waals surface area contributed by atoms with E-state index in [1.54, 1.807) is 0 Å². The Bertz CT molecular complexity index is 699. The summed E-state index contributed by atoms with van der Waals surface area (Å²) in [5.41, 5.74) is 2.55. The van der Waals surface area contributed by atoms with Crippen molar-refractivity contribution < 1.29 is 9.59 Å². The summed E-state index contributed by atoms with van der Waals surface area (Å²) >= 11 is 0. The van der Waals surface area contributed by atoms with Crippen LogP contribution in [-0.4, -0.2) is 28.7 Å². The first-order valence-electron chi connectivity index (χ1n) is 10.2. The highest BCUT2D eigenvalue weighted by Gasteiger charge is 2.55. The predicted octanol–water partition coefficient (Wildman–Crippen LogP) is 3.79. The van der Waals surface area contributed by atoms with Gasteiger partial charge in [-0.25, -0.2) is 0 Å². The molecule has 0 aromatic heterocycles. The lowest BCUT2D eigenvalue weighted by atomic mass is 9.60. The smallest absolute Gasteiger partial charge is 0.224 e. The van der Waals surface area contributed by atoms with Gasteiger partial charge in [0, 0.05) is 47.8 Å². The van der Waals surface area contributed by atoms with Crippen molar-refractivity contribution in [2.24, 2.45) is 23.2 Å². The minimum Gasteiger partial charge on any atom is -0.351 e. The van der Waals surface area contributed by atoms with Gasteiger partial charge in [0.05, 0.1) is 0 Å². The molecule has 0 aromatic rings. The molecule has 4 rings (SSSR count). The van der Waals surface area contributed by atoms with Crippen LogP contribution in [0.5, 0.6) is 0 Å². The Labute approximate surface area is 157 Å². The summed E-state index contributed by atoms with van der Waals surface area (Å²) in [6, 6.07) is 0. The summed E-state index contributed by atoms with van der Waals surface area (Å²) in [4.78, 5) is 27.1. The summed E-state index contributed by atoms with van der Waals surface area (Å²) in [6.45, 7) is 9.36. The first-order valence-corrected chi connectivity index (χ1v) is 10.2. The zero-order valence-electron chi connectivity index (χ0n) is 16.6. The lowest BCUT2D eigenvalue weighted by Crippen LogP contribution is -2.50. The number of nitrogens with one attached hydrogen (secondary N) is 1. The van der Waals surface area contributed by atoms with E-state index in [-0.39, 0.29) is 28.6 Å². The van der Waals surface area contributed by atoms with Crippen LogP contribution in [0.2, 0.25) is 0 Å². The summed E-state index contributed by atoms with van der Waals surface area (Å²) in [7, 11) is 0. The van der Waals surface area contributed by atoms with Crippen molar-refractivity contribution in [2.45, 2.75) is 71.8 Å². The van der Waals surface area contributed by atoms with Gasteiger partial charge < -0.3 is 10.2 Å². The predicted molar refractivity (Wildman–Crippen MR) is 102 cm³/mol. The van der Waals surface area contributed by atoms with Crippen LogP contribution in [0.15, 0.2) is 23.5 Å². The molecule has 0 radical (unpaired) electrons. The van der Waals surface area contributed by atoms with Crippen LogP contribution in [0.3, 0.4) is 0 Å². The third-order valence-electron chi connectivity index (χ3n) is 7.12. The molecule has 1 unspecified atom stereocenters. The number of hydrogen-bond donors (Lipinski definition) is 1. The van der Waals surface area contributed by atoms with Gasteiger partial charge in [0.2, 0.25) is 5.91 Å². The molecule has 0 aromatic carbocycles. The molecule has 2 aliphatic heterocycles. The normalized spacial score (nSPS) is 36.5. The van der Waals surface area contributed by atoms with E-state index in [2.05, 4.69) is 44.0 Å². The maximum atomic E-state index is 13.0. The van der Waals surface area contributed by atoms with E-state index in [1.807, 2.05) is 6.08 Å². The van der Waals surface area contributed by atoms with Crippen LogP contribution in [0.25, 0.3) is 0 Å². The zero-order valence-corrected chi connectivity index (χ0v) is 16.6. The Morgan fingerprint density at radius 2 is 2.00 bits per heavy atom. The summed E-state index contributed by atoms with van der Waals surface area (Å²) in [5.74, 6) is 1.75. The molecule has 2 aliphatic carbocycles. The molecule has 4 aliphatic rings. The van der Waals surface area contributed by atoms with Gasteiger partial charge in [-0.05, 0) is 64.2 Å². The minimum atomic E-state index is -0.175. The van der Waals surface area contributed by atoms with Gasteiger partial charge in [-0.1, -0.05) is 13.0 Å². The van der Waals surface area contributed by atoms with Gasteiger partial charge in [0.1, 0.15) is 0 Å². The lowest BCUT2D eigenvalue weighted by molar-refractivity contribution is -0.130. The fraction of sp³-hybridized carbons (Fsp3) is 0.727. The molecule has 4 heteroatoms. The van der Waals surface area contributed by atoms with Crippen molar-refractivity contribution >= 4 is 11.7 Å². The second kappa shape index (κ2) is 5.97. The van der Waals surface area contributed by atoms with Gasteiger partial charge in [0.25, 0.3) is 0 Å². The SMILES string of the molecule is CC(C)(C)NC(=O)[C@H]1CCC2[C@@H]3CCC4=CC(=O)CCN4C3=CC[C@@]21C. The van der Waals surface area contributed by atoms with Crippen LogP contribution in [-0.2, 0) is 9.59 Å². The minimum absolute atomic E-state index is 0.0658. The second-order valence-corrected chi connectivity index (χ2v) is 9.96. The molecular weight excluding hydrogens is 324 g/mol. The fourth-order valence-corrected chi connectivity index (χ4v) is 5.95.